The Kier molecular flexibility index (Phi) is 5.78. The second-order valence-corrected chi connectivity index (χ2v) is 8.53. The summed E-state index contributed by atoms with van der Waals surface area (Å²) in [4.78, 5) is 19.7. The summed E-state index contributed by atoms with van der Waals surface area (Å²) >= 11 is 1.70. The molecule has 5 nitrogen and oxygen atoms in total. The Morgan fingerprint density at radius 2 is 2.14 bits per heavy atom. The van der Waals surface area contributed by atoms with Crippen molar-refractivity contribution in [2.75, 3.05) is 7.11 Å². The highest BCUT2D eigenvalue weighted by Crippen LogP contribution is 2.33. The van der Waals surface area contributed by atoms with Gasteiger partial charge in [-0.15, -0.1) is 11.3 Å². The van der Waals surface area contributed by atoms with Crippen LogP contribution in [0.4, 0.5) is 0 Å². The van der Waals surface area contributed by atoms with Crippen LogP contribution in [-0.2, 0) is 25.9 Å². The summed E-state index contributed by atoms with van der Waals surface area (Å²) in [6.45, 7) is 3.74. The molecule has 4 rings (SSSR count). The Morgan fingerprint density at radius 1 is 1.32 bits per heavy atom. The lowest BCUT2D eigenvalue weighted by atomic mass is 9.93. The van der Waals surface area contributed by atoms with Gasteiger partial charge in [-0.25, -0.2) is 4.98 Å². The highest BCUT2D eigenvalue weighted by atomic mass is 32.1. The average molecular weight is 398 g/mol. The maximum Gasteiger partial charge on any atom is 0.262 e. The lowest BCUT2D eigenvalue weighted by molar-refractivity contribution is 0.414. The maximum absolute atomic E-state index is 12.9. The number of aromatic nitrogens is 2. The average Bonchev–Trinajstić information content (AvgIpc) is 3.10. The van der Waals surface area contributed by atoms with Crippen molar-refractivity contribution in [2.24, 2.45) is 0 Å². The molecular formula is C22H27N3O2S. The number of nitrogens with one attached hydrogen (secondary N) is 1. The second kappa shape index (κ2) is 8.45. The molecule has 0 spiro atoms. The van der Waals surface area contributed by atoms with Crippen molar-refractivity contribution in [3.63, 3.8) is 0 Å². The third kappa shape index (κ3) is 3.84. The summed E-state index contributed by atoms with van der Waals surface area (Å²) in [6.07, 6.45) is 6.79. The van der Waals surface area contributed by atoms with Crippen LogP contribution in [-0.4, -0.2) is 22.7 Å². The van der Waals surface area contributed by atoms with E-state index in [0.29, 0.717) is 6.04 Å². The highest BCUT2D eigenvalue weighted by molar-refractivity contribution is 7.18. The molecule has 0 fully saturated rings. The second-order valence-electron chi connectivity index (χ2n) is 7.45. The largest absolute Gasteiger partial charge is 0.497 e. The van der Waals surface area contributed by atoms with Gasteiger partial charge in [0.15, 0.2) is 0 Å². The number of hydrogen-bond donors (Lipinski definition) is 1. The van der Waals surface area contributed by atoms with Gasteiger partial charge >= 0.3 is 0 Å². The van der Waals surface area contributed by atoms with Crippen LogP contribution in [0.3, 0.4) is 0 Å². The van der Waals surface area contributed by atoms with Gasteiger partial charge < -0.3 is 10.1 Å². The minimum absolute atomic E-state index is 0.139. The molecule has 0 saturated heterocycles. The predicted octanol–water partition coefficient (Wildman–Crippen LogP) is 3.91. The highest BCUT2D eigenvalue weighted by Gasteiger charge is 2.25. The molecule has 6 heteroatoms. The molecule has 1 aliphatic rings. The number of nitrogens with zero attached hydrogens (tertiary/aromatic N) is 2. The Bertz CT molecular complexity index is 1010. The zero-order chi connectivity index (χ0) is 19.5. The number of hydrogen-bond acceptors (Lipinski definition) is 5. The summed E-state index contributed by atoms with van der Waals surface area (Å²) < 4.78 is 7.00. The molecule has 0 saturated carbocycles. The molecule has 28 heavy (non-hydrogen) atoms. The van der Waals surface area contributed by atoms with Gasteiger partial charge in [0.1, 0.15) is 10.6 Å². The Hall–Kier alpha value is -2.18. The topological polar surface area (TPSA) is 56.2 Å². The summed E-state index contributed by atoms with van der Waals surface area (Å²) in [6, 6.07) is 8.63. The van der Waals surface area contributed by atoms with Crippen LogP contribution in [0.1, 0.15) is 42.2 Å². The smallest absolute Gasteiger partial charge is 0.262 e. The van der Waals surface area contributed by atoms with Gasteiger partial charge in [-0.05, 0) is 48.9 Å². The molecule has 0 radical (unpaired) electrons. The zero-order valence-corrected chi connectivity index (χ0v) is 17.3. The minimum atomic E-state index is 0.139. The number of aryl methyl sites for hydroxylation is 2. The van der Waals surface area contributed by atoms with E-state index in [1.807, 2.05) is 12.1 Å². The number of benzene rings is 1. The van der Waals surface area contributed by atoms with Crippen LogP contribution in [0.15, 0.2) is 35.4 Å². The van der Waals surface area contributed by atoms with Crippen LogP contribution in [0.5, 0.6) is 5.75 Å². The molecule has 0 bridgehead atoms. The quantitative estimate of drug-likeness (QED) is 0.657. The molecule has 3 aromatic rings. The number of ether oxygens (including phenoxy) is 1. The Balaban J connectivity index is 1.48. The first kappa shape index (κ1) is 19.2. The van der Waals surface area contributed by atoms with Crippen molar-refractivity contribution < 1.29 is 4.74 Å². The van der Waals surface area contributed by atoms with Gasteiger partial charge in [-0.3, -0.25) is 9.36 Å². The molecule has 148 valence electrons. The van der Waals surface area contributed by atoms with E-state index in [0.717, 1.165) is 61.2 Å². The molecular weight excluding hydrogens is 370 g/mol. The number of rotatable bonds is 7. The maximum atomic E-state index is 12.9. The summed E-state index contributed by atoms with van der Waals surface area (Å²) in [5.74, 6) is 0.883. The normalized spacial score (nSPS) is 16.3. The van der Waals surface area contributed by atoms with Crippen LogP contribution < -0.4 is 15.6 Å². The van der Waals surface area contributed by atoms with Crippen LogP contribution in [0, 0.1) is 0 Å². The van der Waals surface area contributed by atoms with Crippen molar-refractivity contribution in [1.29, 1.82) is 0 Å². The third-order valence-electron chi connectivity index (χ3n) is 5.54. The van der Waals surface area contributed by atoms with Gasteiger partial charge in [-0.2, -0.15) is 0 Å². The molecule has 2 aromatic heterocycles. The van der Waals surface area contributed by atoms with E-state index in [2.05, 4.69) is 29.4 Å². The van der Waals surface area contributed by atoms with Crippen LogP contribution >= 0.6 is 11.3 Å². The molecule has 0 amide bonds. The molecule has 1 aromatic carbocycles. The Labute approximate surface area is 169 Å². The van der Waals surface area contributed by atoms with Crippen molar-refractivity contribution in [2.45, 2.75) is 58.2 Å². The molecule has 1 atom stereocenters. The molecule has 2 heterocycles. The van der Waals surface area contributed by atoms with Gasteiger partial charge in [0, 0.05) is 24.0 Å². The first-order valence-corrected chi connectivity index (χ1v) is 10.9. The fourth-order valence-electron chi connectivity index (χ4n) is 3.87. The van der Waals surface area contributed by atoms with Gasteiger partial charge in [0.25, 0.3) is 5.56 Å². The summed E-state index contributed by atoms with van der Waals surface area (Å²) in [7, 11) is 1.69. The lowest BCUT2D eigenvalue weighted by Crippen LogP contribution is -2.33. The number of thiophene rings is 1. The van der Waals surface area contributed by atoms with Gasteiger partial charge in [0.2, 0.25) is 0 Å². The summed E-state index contributed by atoms with van der Waals surface area (Å²) in [5, 5.41) is 4.54. The predicted molar refractivity (Wildman–Crippen MR) is 114 cm³/mol. The van der Waals surface area contributed by atoms with E-state index in [-0.39, 0.29) is 5.56 Å². The lowest BCUT2D eigenvalue weighted by Gasteiger charge is -2.23. The number of unbranched alkanes of at least 4 members (excludes halogenated alkanes) is 1. The van der Waals surface area contributed by atoms with Gasteiger partial charge in [0.05, 0.1) is 18.8 Å². The monoisotopic (exact) mass is 397 g/mol. The molecule has 1 N–H and O–H groups in total. The van der Waals surface area contributed by atoms with E-state index in [1.54, 1.807) is 29.3 Å². The van der Waals surface area contributed by atoms with Gasteiger partial charge in [-0.1, -0.05) is 25.5 Å². The summed E-state index contributed by atoms with van der Waals surface area (Å²) in [5.41, 5.74) is 2.63. The number of methoxy groups -OCH3 is 1. The van der Waals surface area contributed by atoms with E-state index in [9.17, 15) is 4.79 Å². The standard InChI is InChI=1S/C22H27N3O2S/c1-3-4-11-25-14-24-21-20(22(25)26)18-10-7-16(12-19(18)28-21)23-13-15-5-8-17(27-2)9-6-15/h5-6,8-9,14,16,23H,3-4,7,10-13H2,1-2H3. The van der Waals surface area contributed by atoms with Crippen molar-refractivity contribution in [3.8, 4) is 5.75 Å². The molecule has 0 aliphatic heterocycles. The van der Waals surface area contributed by atoms with Crippen molar-refractivity contribution >= 4 is 21.6 Å². The fraction of sp³-hybridized carbons (Fsp3) is 0.455. The Morgan fingerprint density at radius 3 is 2.89 bits per heavy atom. The minimum Gasteiger partial charge on any atom is -0.497 e. The first-order chi connectivity index (χ1) is 13.7. The van der Waals surface area contributed by atoms with Crippen molar-refractivity contribution in [3.05, 3.63) is 57.0 Å². The molecule has 1 unspecified atom stereocenters. The van der Waals surface area contributed by atoms with Crippen molar-refractivity contribution in [1.82, 2.24) is 14.9 Å². The molecule has 1 aliphatic carbocycles. The van der Waals surface area contributed by atoms with E-state index >= 15 is 0 Å². The zero-order valence-electron chi connectivity index (χ0n) is 16.5. The SMILES string of the molecule is CCCCn1cnc2sc3c(c2c1=O)CCC(NCc1ccc(OC)cc1)C3. The van der Waals surface area contributed by atoms with E-state index < -0.39 is 0 Å². The van der Waals surface area contributed by atoms with E-state index in [1.165, 1.54) is 16.0 Å². The van der Waals surface area contributed by atoms with E-state index in [4.69, 9.17) is 4.74 Å². The van der Waals surface area contributed by atoms with Crippen LogP contribution in [0.25, 0.3) is 10.2 Å². The van der Waals surface area contributed by atoms with Crippen LogP contribution in [0.2, 0.25) is 0 Å². The fourth-order valence-corrected chi connectivity index (χ4v) is 5.13. The first-order valence-electron chi connectivity index (χ1n) is 10.1. The third-order valence-corrected chi connectivity index (χ3v) is 6.70. The number of fused-ring (bicyclic) bond motifs is 3.